The fraction of sp³-hybridized carbons (Fsp3) is 0.308. The van der Waals surface area contributed by atoms with Crippen molar-refractivity contribution in [3.8, 4) is 5.69 Å². The summed E-state index contributed by atoms with van der Waals surface area (Å²) in [6, 6.07) is 4.75. The van der Waals surface area contributed by atoms with Crippen molar-refractivity contribution in [2.45, 2.75) is 20.3 Å². The Labute approximate surface area is 110 Å². The molecule has 0 N–H and O–H groups in total. The summed E-state index contributed by atoms with van der Waals surface area (Å²) in [5.74, 6) is -0.870. The van der Waals surface area contributed by atoms with Crippen LogP contribution >= 0.6 is 0 Å². The van der Waals surface area contributed by atoms with E-state index in [0.717, 1.165) is 0 Å². The summed E-state index contributed by atoms with van der Waals surface area (Å²) in [5, 5.41) is 7.70. The fourth-order valence-corrected chi connectivity index (χ4v) is 1.79. The number of carbonyl (C=O) groups is 1. The molecule has 1 aromatic heterocycles. The predicted octanol–water partition coefficient (Wildman–Crippen LogP) is 2.06. The second-order valence-corrected chi connectivity index (χ2v) is 4.08. The molecule has 0 atom stereocenters. The zero-order chi connectivity index (χ0) is 14.0. The predicted molar refractivity (Wildman–Crippen MR) is 66.8 cm³/mol. The molecule has 0 aliphatic heterocycles. The molecule has 0 radical (unpaired) electrons. The molecule has 0 amide bonds. The van der Waals surface area contributed by atoms with Gasteiger partial charge in [0.15, 0.2) is 5.69 Å². The molecular formula is C13H14FN3O2. The number of methoxy groups -OCH3 is 1. The van der Waals surface area contributed by atoms with E-state index >= 15 is 0 Å². The Bertz CT molecular complexity index is 622. The number of aromatic nitrogens is 3. The van der Waals surface area contributed by atoms with E-state index in [-0.39, 0.29) is 11.5 Å². The molecule has 0 unspecified atom stereocenters. The van der Waals surface area contributed by atoms with Crippen molar-refractivity contribution in [3.05, 3.63) is 41.0 Å². The second-order valence-electron chi connectivity index (χ2n) is 4.08. The molecule has 0 saturated heterocycles. The molecule has 0 aliphatic rings. The van der Waals surface area contributed by atoms with Crippen molar-refractivity contribution >= 4 is 5.97 Å². The lowest BCUT2D eigenvalue weighted by Crippen LogP contribution is -2.08. The number of hydrogen-bond donors (Lipinski definition) is 0. The van der Waals surface area contributed by atoms with Gasteiger partial charge in [-0.25, -0.2) is 13.9 Å². The Balaban J connectivity index is 2.53. The monoisotopic (exact) mass is 263 g/mol. The van der Waals surface area contributed by atoms with Crippen molar-refractivity contribution < 1.29 is 13.9 Å². The van der Waals surface area contributed by atoms with E-state index in [4.69, 9.17) is 0 Å². The first kappa shape index (κ1) is 13.2. The van der Waals surface area contributed by atoms with Gasteiger partial charge in [-0.15, -0.1) is 5.10 Å². The average molecular weight is 263 g/mol. The lowest BCUT2D eigenvalue weighted by atomic mass is 10.2. The molecule has 0 saturated carbocycles. The van der Waals surface area contributed by atoms with Crippen LogP contribution in [-0.2, 0) is 11.2 Å². The third kappa shape index (κ3) is 2.33. The van der Waals surface area contributed by atoms with Gasteiger partial charge in [-0.05, 0) is 31.0 Å². The number of aryl methyl sites for hydroxylation is 1. The molecule has 1 aromatic carbocycles. The molecule has 2 aromatic rings. The molecule has 100 valence electrons. The largest absolute Gasteiger partial charge is 0.464 e. The first-order valence-corrected chi connectivity index (χ1v) is 5.87. The molecule has 0 spiro atoms. The zero-order valence-electron chi connectivity index (χ0n) is 11.0. The van der Waals surface area contributed by atoms with Crippen LogP contribution in [0.15, 0.2) is 18.2 Å². The van der Waals surface area contributed by atoms with Crippen LogP contribution in [0.4, 0.5) is 4.39 Å². The summed E-state index contributed by atoms with van der Waals surface area (Å²) in [5.41, 5.74) is 1.83. The molecule has 19 heavy (non-hydrogen) atoms. The minimum atomic E-state index is -0.546. The number of halogens is 1. The van der Waals surface area contributed by atoms with Gasteiger partial charge in [0, 0.05) is 0 Å². The summed E-state index contributed by atoms with van der Waals surface area (Å²) in [7, 11) is 1.28. The van der Waals surface area contributed by atoms with Crippen molar-refractivity contribution in [2.24, 2.45) is 0 Å². The maximum atomic E-state index is 13.6. The van der Waals surface area contributed by atoms with Gasteiger partial charge in [0.05, 0.1) is 18.5 Å². The third-order valence-corrected chi connectivity index (χ3v) is 2.88. The van der Waals surface area contributed by atoms with E-state index in [9.17, 15) is 9.18 Å². The Kier molecular flexibility index (Phi) is 3.59. The van der Waals surface area contributed by atoms with E-state index in [0.29, 0.717) is 23.4 Å². The minimum absolute atomic E-state index is 0.158. The maximum absolute atomic E-state index is 13.6. The van der Waals surface area contributed by atoms with Gasteiger partial charge < -0.3 is 4.74 Å². The molecule has 5 nitrogen and oxygen atoms in total. The van der Waals surface area contributed by atoms with Crippen LogP contribution in [-0.4, -0.2) is 28.1 Å². The van der Waals surface area contributed by atoms with Gasteiger partial charge in [-0.1, -0.05) is 18.2 Å². The smallest absolute Gasteiger partial charge is 0.360 e. The first-order chi connectivity index (χ1) is 9.08. The molecule has 1 heterocycles. The highest BCUT2D eigenvalue weighted by atomic mass is 19.1. The number of hydrogen-bond acceptors (Lipinski definition) is 4. The Hall–Kier alpha value is -2.24. The third-order valence-electron chi connectivity index (χ3n) is 2.88. The second kappa shape index (κ2) is 5.17. The number of ether oxygens (including phenoxy) is 1. The molecule has 0 bridgehead atoms. The average Bonchev–Trinajstić information content (AvgIpc) is 2.84. The van der Waals surface area contributed by atoms with Crippen LogP contribution in [0.25, 0.3) is 5.69 Å². The van der Waals surface area contributed by atoms with Gasteiger partial charge in [-0.2, -0.15) is 0 Å². The SMILES string of the molecule is CCc1c(C(=O)OC)nnn1-c1ccc(C)c(F)c1. The Morgan fingerprint density at radius 1 is 1.47 bits per heavy atom. The van der Waals surface area contributed by atoms with Crippen molar-refractivity contribution in [1.82, 2.24) is 15.0 Å². The number of carbonyl (C=O) groups excluding carboxylic acids is 1. The molecular weight excluding hydrogens is 249 g/mol. The molecule has 0 aliphatic carbocycles. The van der Waals surface area contributed by atoms with E-state index in [1.165, 1.54) is 17.9 Å². The summed E-state index contributed by atoms with van der Waals surface area (Å²) < 4.78 is 19.7. The lowest BCUT2D eigenvalue weighted by molar-refractivity contribution is 0.0592. The van der Waals surface area contributed by atoms with Crippen LogP contribution in [0.5, 0.6) is 0 Å². The van der Waals surface area contributed by atoms with Gasteiger partial charge >= 0.3 is 5.97 Å². The Morgan fingerprint density at radius 3 is 2.79 bits per heavy atom. The summed E-state index contributed by atoms with van der Waals surface area (Å²) in [6.45, 7) is 3.55. The number of rotatable bonds is 3. The topological polar surface area (TPSA) is 57.0 Å². The standard InChI is InChI=1S/C13H14FN3O2/c1-4-11-12(13(18)19-3)15-16-17(11)9-6-5-8(2)10(14)7-9/h5-7H,4H2,1-3H3. The van der Waals surface area contributed by atoms with Gasteiger partial charge in [0.1, 0.15) is 5.82 Å². The van der Waals surface area contributed by atoms with E-state index < -0.39 is 5.97 Å². The van der Waals surface area contributed by atoms with Crippen LogP contribution in [0, 0.1) is 12.7 Å². The van der Waals surface area contributed by atoms with Crippen LogP contribution in [0.3, 0.4) is 0 Å². The number of esters is 1. The van der Waals surface area contributed by atoms with E-state index in [1.807, 2.05) is 6.92 Å². The fourth-order valence-electron chi connectivity index (χ4n) is 1.79. The van der Waals surface area contributed by atoms with Gasteiger partial charge in [-0.3, -0.25) is 0 Å². The van der Waals surface area contributed by atoms with Gasteiger partial charge in [0.25, 0.3) is 0 Å². The summed E-state index contributed by atoms with van der Waals surface area (Å²) in [6.07, 6.45) is 0.535. The van der Waals surface area contributed by atoms with Crippen LogP contribution in [0.1, 0.15) is 28.7 Å². The lowest BCUT2D eigenvalue weighted by Gasteiger charge is -2.06. The van der Waals surface area contributed by atoms with Crippen LogP contribution < -0.4 is 0 Å². The van der Waals surface area contributed by atoms with Crippen molar-refractivity contribution in [2.75, 3.05) is 7.11 Å². The summed E-state index contributed by atoms with van der Waals surface area (Å²) in [4.78, 5) is 11.5. The van der Waals surface area contributed by atoms with Crippen molar-refractivity contribution in [1.29, 1.82) is 0 Å². The maximum Gasteiger partial charge on any atom is 0.360 e. The van der Waals surface area contributed by atoms with Gasteiger partial charge in [0.2, 0.25) is 0 Å². The normalized spacial score (nSPS) is 10.5. The molecule has 2 rings (SSSR count). The minimum Gasteiger partial charge on any atom is -0.464 e. The van der Waals surface area contributed by atoms with E-state index in [1.54, 1.807) is 19.1 Å². The molecule has 0 fully saturated rings. The Morgan fingerprint density at radius 2 is 2.21 bits per heavy atom. The zero-order valence-corrected chi connectivity index (χ0v) is 11.0. The number of benzene rings is 1. The van der Waals surface area contributed by atoms with Crippen molar-refractivity contribution in [3.63, 3.8) is 0 Å². The molecule has 6 heteroatoms. The van der Waals surface area contributed by atoms with E-state index in [2.05, 4.69) is 15.0 Å². The highest BCUT2D eigenvalue weighted by Gasteiger charge is 2.19. The quantitative estimate of drug-likeness (QED) is 0.795. The highest BCUT2D eigenvalue weighted by molar-refractivity contribution is 5.88. The first-order valence-electron chi connectivity index (χ1n) is 5.87. The number of nitrogens with zero attached hydrogens (tertiary/aromatic N) is 3. The summed E-state index contributed by atoms with van der Waals surface area (Å²) >= 11 is 0. The van der Waals surface area contributed by atoms with Crippen LogP contribution in [0.2, 0.25) is 0 Å². The highest BCUT2D eigenvalue weighted by Crippen LogP contribution is 2.17.